The van der Waals surface area contributed by atoms with Crippen LogP contribution in [0.2, 0.25) is 0 Å². The van der Waals surface area contributed by atoms with Gasteiger partial charge in [-0.05, 0) is 43.4 Å². The van der Waals surface area contributed by atoms with E-state index >= 15 is 0 Å². The molecule has 5 atom stereocenters. The zero-order valence-electron chi connectivity index (χ0n) is 16.1. The first-order chi connectivity index (χ1) is 13.8. The number of hydrogen-bond donors (Lipinski definition) is 2. The highest BCUT2D eigenvalue weighted by atomic mass is 19.2. The lowest BCUT2D eigenvalue weighted by atomic mass is 9.80. The number of aromatic nitrogens is 2. The van der Waals surface area contributed by atoms with Gasteiger partial charge in [0.1, 0.15) is 0 Å². The van der Waals surface area contributed by atoms with Gasteiger partial charge >= 0.3 is 0 Å². The second-order valence-electron chi connectivity index (χ2n) is 9.51. The molecule has 7 rings (SSSR count). The SMILES string of the molecule is CC(C(=O)N[C@@H]1CC2(O)CC1C2)[C@@H]1C2=C[C@H](n3cnc4cc(F)c(F)cc43)C[C@H]21. The van der Waals surface area contributed by atoms with Crippen molar-refractivity contribution in [1.29, 1.82) is 0 Å². The number of halogens is 2. The van der Waals surface area contributed by atoms with Gasteiger partial charge in [-0.1, -0.05) is 18.6 Å². The van der Waals surface area contributed by atoms with Gasteiger partial charge in [0.05, 0.1) is 29.0 Å². The maximum atomic E-state index is 13.7. The number of carbonyl (C=O) groups excluding carboxylic acids is 1. The molecule has 1 amide bonds. The van der Waals surface area contributed by atoms with E-state index in [-0.39, 0.29) is 29.8 Å². The molecule has 4 fully saturated rings. The Kier molecular flexibility index (Phi) is 3.43. The first-order valence-electron chi connectivity index (χ1n) is 10.4. The highest BCUT2D eigenvalue weighted by Gasteiger charge is 2.57. The summed E-state index contributed by atoms with van der Waals surface area (Å²) in [7, 11) is 0. The third kappa shape index (κ3) is 2.52. The molecule has 2 aromatic rings. The summed E-state index contributed by atoms with van der Waals surface area (Å²) < 4.78 is 29.0. The minimum Gasteiger partial charge on any atom is -0.390 e. The van der Waals surface area contributed by atoms with Crippen molar-refractivity contribution in [2.24, 2.45) is 23.7 Å². The molecule has 0 radical (unpaired) electrons. The molecule has 1 heterocycles. The second kappa shape index (κ2) is 5.65. The summed E-state index contributed by atoms with van der Waals surface area (Å²) in [5, 5.41) is 13.3. The Labute approximate surface area is 166 Å². The van der Waals surface area contributed by atoms with Crippen LogP contribution in [0.15, 0.2) is 30.1 Å². The lowest BCUT2D eigenvalue weighted by Crippen LogP contribution is -2.41. The van der Waals surface area contributed by atoms with Crippen molar-refractivity contribution in [2.45, 2.75) is 50.3 Å². The minimum absolute atomic E-state index is 0.0627. The molecule has 0 saturated heterocycles. The van der Waals surface area contributed by atoms with Gasteiger partial charge < -0.3 is 15.0 Å². The van der Waals surface area contributed by atoms with Crippen molar-refractivity contribution in [1.82, 2.24) is 14.9 Å². The summed E-state index contributed by atoms with van der Waals surface area (Å²) in [6, 6.07) is 2.51. The molecule has 7 heteroatoms. The van der Waals surface area contributed by atoms with Crippen molar-refractivity contribution < 1.29 is 18.7 Å². The van der Waals surface area contributed by atoms with Gasteiger partial charge in [-0.25, -0.2) is 13.8 Å². The van der Waals surface area contributed by atoms with Gasteiger partial charge in [0.2, 0.25) is 5.91 Å². The Bertz CT molecular complexity index is 1070. The van der Waals surface area contributed by atoms with E-state index in [0.717, 1.165) is 25.3 Å². The van der Waals surface area contributed by atoms with Crippen LogP contribution in [0.1, 0.15) is 38.6 Å². The molecule has 1 aromatic carbocycles. The van der Waals surface area contributed by atoms with E-state index < -0.39 is 17.2 Å². The first kappa shape index (κ1) is 17.6. The quantitative estimate of drug-likeness (QED) is 0.777. The molecule has 152 valence electrons. The lowest BCUT2D eigenvalue weighted by molar-refractivity contribution is -0.126. The fourth-order valence-electron chi connectivity index (χ4n) is 6.14. The number of carbonyl (C=O) groups is 1. The van der Waals surface area contributed by atoms with Crippen LogP contribution >= 0.6 is 0 Å². The molecular formula is C22H23F2N3O2. The fraction of sp³-hybridized carbons (Fsp3) is 0.545. The Hall–Kier alpha value is -2.28. The van der Waals surface area contributed by atoms with Gasteiger partial charge in [-0.3, -0.25) is 4.79 Å². The normalized spacial score (nSPS) is 37.8. The molecule has 5 aliphatic rings. The number of nitrogens with zero attached hydrogens (tertiary/aromatic N) is 2. The van der Waals surface area contributed by atoms with Crippen LogP contribution in [-0.4, -0.2) is 32.2 Å². The van der Waals surface area contributed by atoms with Crippen molar-refractivity contribution in [3.63, 3.8) is 0 Å². The van der Waals surface area contributed by atoms with Crippen LogP contribution < -0.4 is 5.32 Å². The molecule has 2 N–H and O–H groups in total. The standard InChI is InChI=1S/C22H23F2N3O2/c1-10(21(28)26-18-8-22(29)6-11(18)7-22)20-13-2-12(3-14(13)20)27-9-25-17-4-15(23)16(24)5-19(17)27/h2,4-5,9-12,14,18,20,29H,3,6-8H2,1H3,(H,26,28)/t10?,11?,12-,14+,18+,20+,22?/m0/s1. The van der Waals surface area contributed by atoms with Crippen molar-refractivity contribution in [3.8, 4) is 0 Å². The van der Waals surface area contributed by atoms with Crippen LogP contribution in [0, 0.1) is 35.3 Å². The van der Waals surface area contributed by atoms with Crippen molar-refractivity contribution in [2.75, 3.05) is 0 Å². The maximum absolute atomic E-state index is 13.7. The third-order valence-corrected chi connectivity index (χ3v) is 7.72. The summed E-state index contributed by atoms with van der Waals surface area (Å²) in [4.78, 5) is 16.9. The number of allylic oxidation sites excluding steroid dienone is 2. The molecule has 0 aliphatic heterocycles. The van der Waals surface area contributed by atoms with E-state index in [1.54, 1.807) is 6.33 Å². The van der Waals surface area contributed by atoms with Gasteiger partial charge in [0.15, 0.2) is 11.6 Å². The molecule has 5 nitrogen and oxygen atoms in total. The van der Waals surface area contributed by atoms with Gasteiger partial charge in [0, 0.05) is 24.1 Å². The monoisotopic (exact) mass is 399 g/mol. The zero-order chi connectivity index (χ0) is 20.1. The van der Waals surface area contributed by atoms with E-state index in [0.29, 0.717) is 29.3 Å². The Morgan fingerprint density at radius 2 is 2.07 bits per heavy atom. The van der Waals surface area contributed by atoms with E-state index in [9.17, 15) is 18.7 Å². The van der Waals surface area contributed by atoms with Crippen molar-refractivity contribution >= 4 is 16.9 Å². The second-order valence-corrected chi connectivity index (χ2v) is 9.51. The summed E-state index contributed by atoms with van der Waals surface area (Å²) >= 11 is 0. The van der Waals surface area contributed by atoms with Crippen LogP contribution in [0.4, 0.5) is 8.78 Å². The molecule has 29 heavy (non-hydrogen) atoms. The summed E-state index contributed by atoms with van der Waals surface area (Å²) in [5.41, 5.74) is 1.79. The average Bonchev–Trinajstić information content (AvgIpc) is 3.08. The summed E-state index contributed by atoms with van der Waals surface area (Å²) in [6.45, 7) is 1.98. The molecule has 0 spiro atoms. The topological polar surface area (TPSA) is 67.2 Å². The van der Waals surface area contributed by atoms with Gasteiger partial charge in [-0.15, -0.1) is 0 Å². The van der Waals surface area contributed by atoms with E-state index in [2.05, 4.69) is 16.4 Å². The van der Waals surface area contributed by atoms with Gasteiger partial charge in [-0.2, -0.15) is 0 Å². The van der Waals surface area contributed by atoms with Crippen LogP contribution in [0.25, 0.3) is 11.0 Å². The number of imidazole rings is 1. The molecule has 1 aromatic heterocycles. The molecule has 5 aliphatic carbocycles. The maximum Gasteiger partial charge on any atom is 0.223 e. The highest BCUT2D eigenvalue weighted by molar-refractivity contribution is 5.81. The number of rotatable bonds is 4. The predicted molar refractivity (Wildman–Crippen MR) is 102 cm³/mol. The molecular weight excluding hydrogens is 376 g/mol. The Morgan fingerprint density at radius 1 is 1.31 bits per heavy atom. The minimum atomic E-state index is -0.887. The van der Waals surface area contributed by atoms with E-state index in [1.807, 2.05) is 11.5 Å². The van der Waals surface area contributed by atoms with Crippen LogP contribution in [0.3, 0.4) is 0 Å². The number of fused-ring (bicyclic) bond motifs is 3. The third-order valence-electron chi connectivity index (χ3n) is 7.72. The number of benzene rings is 1. The number of aliphatic hydroxyl groups is 1. The largest absolute Gasteiger partial charge is 0.390 e. The van der Waals surface area contributed by atoms with Gasteiger partial charge in [0.25, 0.3) is 0 Å². The average molecular weight is 399 g/mol. The van der Waals surface area contributed by atoms with E-state index in [4.69, 9.17) is 0 Å². The zero-order valence-corrected chi connectivity index (χ0v) is 16.1. The Balaban J connectivity index is 1.15. The van der Waals surface area contributed by atoms with Crippen LogP contribution in [-0.2, 0) is 4.79 Å². The summed E-state index contributed by atoms with van der Waals surface area (Å²) in [5.74, 6) is -0.716. The molecule has 2 bridgehead atoms. The van der Waals surface area contributed by atoms with E-state index in [1.165, 1.54) is 11.6 Å². The molecule has 4 saturated carbocycles. The predicted octanol–water partition coefficient (Wildman–Crippen LogP) is 3.10. The number of nitrogens with one attached hydrogen (secondary N) is 1. The first-order valence-corrected chi connectivity index (χ1v) is 10.4. The smallest absolute Gasteiger partial charge is 0.223 e. The fourth-order valence-corrected chi connectivity index (χ4v) is 6.14. The number of hydrogen-bond acceptors (Lipinski definition) is 3. The number of amides is 1. The Morgan fingerprint density at radius 3 is 2.72 bits per heavy atom. The van der Waals surface area contributed by atoms with Crippen molar-refractivity contribution in [3.05, 3.63) is 41.7 Å². The lowest BCUT2D eigenvalue weighted by Gasteiger charge is -2.33. The molecule has 1 unspecified atom stereocenters. The van der Waals surface area contributed by atoms with Crippen LogP contribution in [0.5, 0.6) is 0 Å². The highest BCUT2D eigenvalue weighted by Crippen LogP contribution is 2.60. The summed E-state index contributed by atoms with van der Waals surface area (Å²) in [6.07, 6.45) is 6.96.